The molecule has 1 rings (SSSR count). The van der Waals surface area contributed by atoms with E-state index in [9.17, 15) is 18.0 Å². The number of carbonyl (C=O) groups excluding carboxylic acids is 1. The molecule has 0 saturated carbocycles. The van der Waals surface area contributed by atoms with E-state index in [-0.39, 0.29) is 17.0 Å². The molecule has 3 nitrogen and oxygen atoms in total. The number of thioether (sulfide) groups is 1. The van der Waals surface area contributed by atoms with Crippen LogP contribution < -0.4 is 5.32 Å². The van der Waals surface area contributed by atoms with Crippen molar-refractivity contribution in [2.75, 3.05) is 5.32 Å². The van der Waals surface area contributed by atoms with E-state index in [0.717, 1.165) is 6.07 Å². The van der Waals surface area contributed by atoms with Gasteiger partial charge in [-0.05, 0) is 26.0 Å². The van der Waals surface area contributed by atoms with Gasteiger partial charge in [0.1, 0.15) is 11.5 Å². The van der Waals surface area contributed by atoms with Gasteiger partial charge in [0, 0.05) is 5.25 Å². The number of hydrogen-bond donors (Lipinski definition) is 1. The minimum absolute atomic E-state index is 0.0951. The van der Waals surface area contributed by atoms with Crippen molar-refractivity contribution in [1.29, 1.82) is 0 Å². The van der Waals surface area contributed by atoms with Gasteiger partial charge < -0.3 is 5.32 Å². The lowest BCUT2D eigenvalue weighted by molar-refractivity contribution is -0.141. The van der Waals surface area contributed by atoms with Crippen molar-refractivity contribution in [2.45, 2.75) is 43.9 Å². The van der Waals surface area contributed by atoms with Crippen LogP contribution in [-0.4, -0.2) is 20.9 Å². The number of hydrogen-bond acceptors (Lipinski definition) is 3. The lowest BCUT2D eigenvalue weighted by Crippen LogP contribution is -2.35. The number of aromatic nitrogens is 1. The molecule has 1 heterocycles. The number of amides is 1. The van der Waals surface area contributed by atoms with E-state index in [1.807, 2.05) is 13.8 Å². The molecule has 0 unspecified atom stereocenters. The van der Waals surface area contributed by atoms with Crippen LogP contribution in [0.25, 0.3) is 0 Å². The molecule has 112 valence electrons. The van der Waals surface area contributed by atoms with Crippen LogP contribution in [0.2, 0.25) is 0 Å². The Balaban J connectivity index is 2.86. The smallest absolute Gasteiger partial charge is 0.309 e. The summed E-state index contributed by atoms with van der Waals surface area (Å²) < 4.78 is 36.8. The molecule has 20 heavy (non-hydrogen) atoms. The molecule has 0 saturated heterocycles. The van der Waals surface area contributed by atoms with Crippen molar-refractivity contribution < 1.29 is 18.0 Å². The number of halogens is 3. The Morgan fingerprint density at radius 2 is 1.90 bits per heavy atom. The van der Waals surface area contributed by atoms with Gasteiger partial charge in [-0.1, -0.05) is 19.9 Å². The fourth-order valence-corrected chi connectivity index (χ4v) is 2.91. The van der Waals surface area contributed by atoms with Crippen molar-refractivity contribution in [3.63, 3.8) is 0 Å². The summed E-state index contributed by atoms with van der Waals surface area (Å²) in [7, 11) is 0. The molecule has 0 aliphatic heterocycles. The zero-order chi connectivity index (χ0) is 15.6. The number of rotatable bonds is 4. The first-order valence-electron chi connectivity index (χ1n) is 6.06. The van der Waals surface area contributed by atoms with Crippen molar-refractivity contribution in [2.24, 2.45) is 0 Å². The molecule has 7 heteroatoms. The molecule has 1 aromatic rings. The number of pyridine rings is 1. The molecule has 0 atom stereocenters. The fraction of sp³-hybridized carbons (Fsp3) is 0.538. The second-order valence-electron chi connectivity index (χ2n) is 5.04. The molecule has 1 N–H and O–H groups in total. The van der Waals surface area contributed by atoms with Crippen LogP contribution >= 0.6 is 11.8 Å². The molecule has 0 aliphatic carbocycles. The Kier molecular flexibility index (Phi) is 5.07. The summed E-state index contributed by atoms with van der Waals surface area (Å²) in [6.07, 6.45) is -4.52. The summed E-state index contributed by atoms with van der Waals surface area (Å²) in [5.41, 5.74) is -1.02. The van der Waals surface area contributed by atoms with Crippen LogP contribution in [0.1, 0.15) is 33.4 Å². The third kappa shape index (κ3) is 4.70. The second kappa shape index (κ2) is 6.03. The minimum Gasteiger partial charge on any atom is -0.309 e. The summed E-state index contributed by atoms with van der Waals surface area (Å²) in [6, 6.07) is 3.42. The van der Waals surface area contributed by atoms with Crippen LogP contribution in [0.5, 0.6) is 0 Å². The van der Waals surface area contributed by atoms with Crippen molar-refractivity contribution in [1.82, 2.24) is 4.98 Å². The van der Waals surface area contributed by atoms with Crippen LogP contribution in [0.15, 0.2) is 18.2 Å². The zero-order valence-corrected chi connectivity index (χ0v) is 12.5. The van der Waals surface area contributed by atoms with Gasteiger partial charge in [0.25, 0.3) is 0 Å². The summed E-state index contributed by atoms with van der Waals surface area (Å²) in [4.78, 5) is 15.5. The van der Waals surface area contributed by atoms with Crippen molar-refractivity contribution >= 4 is 23.5 Å². The quantitative estimate of drug-likeness (QED) is 0.915. The number of nitrogens with zero attached hydrogens (tertiary/aromatic N) is 1. The van der Waals surface area contributed by atoms with E-state index in [0.29, 0.717) is 0 Å². The molecular weight excluding hydrogens is 289 g/mol. The summed E-state index contributed by atoms with van der Waals surface area (Å²) in [6.45, 7) is 7.34. The first kappa shape index (κ1) is 16.8. The Morgan fingerprint density at radius 1 is 1.30 bits per heavy atom. The Morgan fingerprint density at radius 3 is 2.40 bits per heavy atom. The lowest BCUT2D eigenvalue weighted by atomic mass is 10.2. The fourth-order valence-electron chi connectivity index (χ4n) is 1.57. The lowest BCUT2D eigenvalue weighted by Gasteiger charge is -2.24. The Bertz CT molecular complexity index is 487. The Hall–Kier alpha value is -1.24. The van der Waals surface area contributed by atoms with Crippen LogP contribution in [0.3, 0.4) is 0 Å². The van der Waals surface area contributed by atoms with Gasteiger partial charge in [-0.3, -0.25) is 4.79 Å². The zero-order valence-electron chi connectivity index (χ0n) is 11.7. The molecule has 1 aromatic heterocycles. The highest BCUT2D eigenvalue weighted by Crippen LogP contribution is 2.31. The topological polar surface area (TPSA) is 42.0 Å². The number of nitrogens with one attached hydrogen (secondary N) is 1. The molecule has 0 aliphatic rings. The van der Waals surface area contributed by atoms with Gasteiger partial charge in [0.15, 0.2) is 0 Å². The highest BCUT2D eigenvalue weighted by Gasteiger charge is 2.33. The summed E-state index contributed by atoms with van der Waals surface area (Å²) in [5.74, 6) is -0.467. The predicted octanol–water partition coefficient (Wildman–Crippen LogP) is 3.96. The van der Waals surface area contributed by atoms with Gasteiger partial charge in [-0.2, -0.15) is 13.2 Å². The van der Waals surface area contributed by atoms with Crippen LogP contribution in [-0.2, 0) is 11.0 Å². The minimum atomic E-state index is -4.52. The molecule has 0 aromatic carbocycles. The first-order chi connectivity index (χ1) is 9.02. The average molecular weight is 306 g/mol. The van der Waals surface area contributed by atoms with Gasteiger partial charge in [0.05, 0.1) is 4.75 Å². The standard InChI is InChI=1S/C13H17F3N2OS/c1-8(2)20-12(3,4)11(19)18-10-7-5-6-9(17-10)13(14,15)16/h5-8H,1-4H3,(H,17,18,19). The number of anilines is 1. The SMILES string of the molecule is CC(C)SC(C)(C)C(=O)Nc1cccc(C(F)(F)F)n1. The van der Waals surface area contributed by atoms with E-state index in [4.69, 9.17) is 0 Å². The molecule has 0 radical (unpaired) electrons. The number of carbonyl (C=O) groups is 1. The van der Waals surface area contributed by atoms with E-state index < -0.39 is 16.6 Å². The molecule has 0 spiro atoms. The highest BCUT2D eigenvalue weighted by atomic mass is 32.2. The van der Waals surface area contributed by atoms with Gasteiger partial charge in [-0.15, -0.1) is 11.8 Å². The van der Waals surface area contributed by atoms with E-state index in [2.05, 4.69) is 10.3 Å². The van der Waals surface area contributed by atoms with Gasteiger partial charge in [0.2, 0.25) is 5.91 Å². The molecule has 1 amide bonds. The van der Waals surface area contributed by atoms with Crippen LogP contribution in [0.4, 0.5) is 19.0 Å². The molecule has 0 fully saturated rings. The molecular formula is C13H17F3N2OS. The van der Waals surface area contributed by atoms with E-state index >= 15 is 0 Å². The highest BCUT2D eigenvalue weighted by molar-refractivity contribution is 8.01. The second-order valence-corrected chi connectivity index (χ2v) is 7.24. The summed E-state index contributed by atoms with van der Waals surface area (Å²) in [5, 5.41) is 2.66. The third-order valence-electron chi connectivity index (χ3n) is 2.36. The van der Waals surface area contributed by atoms with Crippen molar-refractivity contribution in [3.05, 3.63) is 23.9 Å². The normalized spacial score (nSPS) is 12.6. The van der Waals surface area contributed by atoms with Crippen LogP contribution in [0, 0.1) is 0 Å². The maximum atomic E-state index is 12.5. The number of alkyl halides is 3. The predicted molar refractivity (Wildman–Crippen MR) is 74.7 cm³/mol. The average Bonchev–Trinajstić information content (AvgIpc) is 2.26. The largest absolute Gasteiger partial charge is 0.433 e. The van der Waals surface area contributed by atoms with Crippen molar-refractivity contribution in [3.8, 4) is 0 Å². The third-order valence-corrected chi connectivity index (χ3v) is 3.60. The van der Waals surface area contributed by atoms with E-state index in [1.165, 1.54) is 23.9 Å². The maximum Gasteiger partial charge on any atom is 0.433 e. The van der Waals surface area contributed by atoms with Gasteiger partial charge >= 0.3 is 6.18 Å². The monoisotopic (exact) mass is 306 g/mol. The molecule has 0 bridgehead atoms. The Labute approximate surface area is 120 Å². The van der Waals surface area contributed by atoms with E-state index in [1.54, 1.807) is 13.8 Å². The van der Waals surface area contributed by atoms with Gasteiger partial charge in [-0.25, -0.2) is 4.98 Å². The first-order valence-corrected chi connectivity index (χ1v) is 6.94. The summed E-state index contributed by atoms with van der Waals surface area (Å²) >= 11 is 1.43. The maximum absolute atomic E-state index is 12.5.